The third-order valence-electron chi connectivity index (χ3n) is 4.13. The van der Waals surface area contributed by atoms with Gasteiger partial charge in [0.15, 0.2) is 0 Å². The van der Waals surface area contributed by atoms with Crippen LogP contribution in [-0.2, 0) is 20.0 Å². The summed E-state index contributed by atoms with van der Waals surface area (Å²) in [6, 6.07) is 0. The van der Waals surface area contributed by atoms with E-state index in [0.29, 0.717) is 5.92 Å². The fourth-order valence-electron chi connectivity index (χ4n) is 3.12. The lowest BCUT2D eigenvalue weighted by molar-refractivity contribution is 0.333. The Morgan fingerprint density at radius 2 is 2.14 bits per heavy atom. The molecule has 1 N–H and O–H groups in total. The third kappa shape index (κ3) is 2.80. The van der Waals surface area contributed by atoms with Crippen molar-refractivity contribution in [2.45, 2.75) is 40.2 Å². The zero-order valence-electron chi connectivity index (χ0n) is 13.8. The molecule has 0 saturated carbocycles. The van der Waals surface area contributed by atoms with Gasteiger partial charge >= 0.3 is 5.69 Å². The Labute approximate surface area is 130 Å². The molecule has 0 saturated heterocycles. The first-order valence-corrected chi connectivity index (χ1v) is 7.80. The summed E-state index contributed by atoms with van der Waals surface area (Å²) in [5, 5.41) is 8.98. The highest BCUT2D eigenvalue weighted by Crippen LogP contribution is 2.16. The van der Waals surface area contributed by atoms with E-state index in [1.54, 1.807) is 4.57 Å². The van der Waals surface area contributed by atoms with E-state index in [2.05, 4.69) is 43.1 Å². The summed E-state index contributed by atoms with van der Waals surface area (Å²) in [6.07, 6.45) is 10.2. The lowest BCUT2D eigenvalue weighted by Gasteiger charge is -2.19. The van der Waals surface area contributed by atoms with Crippen LogP contribution >= 0.6 is 0 Å². The maximum absolute atomic E-state index is 12.5. The van der Waals surface area contributed by atoms with Crippen molar-refractivity contribution in [2.75, 3.05) is 0 Å². The van der Waals surface area contributed by atoms with Crippen molar-refractivity contribution in [1.82, 2.24) is 19.3 Å². The summed E-state index contributed by atoms with van der Waals surface area (Å²) in [4.78, 5) is 12.5. The van der Waals surface area contributed by atoms with Crippen LogP contribution < -0.4 is 16.4 Å². The molecule has 2 aromatic heterocycles. The van der Waals surface area contributed by atoms with Gasteiger partial charge in [-0.2, -0.15) is 5.10 Å². The van der Waals surface area contributed by atoms with Gasteiger partial charge in [0.25, 0.3) is 0 Å². The van der Waals surface area contributed by atoms with Gasteiger partial charge in [-0.3, -0.25) is 14.2 Å². The van der Waals surface area contributed by atoms with Gasteiger partial charge < -0.3 is 0 Å². The van der Waals surface area contributed by atoms with E-state index >= 15 is 0 Å². The average Bonchev–Trinajstić information content (AvgIpc) is 3.02. The monoisotopic (exact) mass is 300 g/mol. The van der Waals surface area contributed by atoms with Gasteiger partial charge in [0.2, 0.25) is 0 Å². The standard InChI is InChI=1S/C17H24N4O/c1-17(2,3)11-21-14-6-5-12(7-13-9-18-19-10-13)8-15(14)20(4)16(21)22/h6,8-10,12H,5,7,11H2,1-4H3,(H,18,19)/t12-/m1/s1. The number of aromatic amines is 1. The van der Waals surface area contributed by atoms with Crippen LogP contribution in [0.3, 0.4) is 0 Å². The Hall–Kier alpha value is -2.04. The smallest absolute Gasteiger partial charge is 0.295 e. The van der Waals surface area contributed by atoms with E-state index in [9.17, 15) is 4.79 Å². The van der Waals surface area contributed by atoms with Crippen LogP contribution in [-0.4, -0.2) is 19.3 Å². The van der Waals surface area contributed by atoms with Crippen LogP contribution in [0.5, 0.6) is 0 Å². The second kappa shape index (κ2) is 5.30. The van der Waals surface area contributed by atoms with E-state index in [4.69, 9.17) is 0 Å². The van der Waals surface area contributed by atoms with Gasteiger partial charge in [0.05, 0.1) is 16.9 Å². The number of hydrogen-bond acceptors (Lipinski definition) is 2. The highest BCUT2D eigenvalue weighted by Gasteiger charge is 2.19. The van der Waals surface area contributed by atoms with Crippen LogP contribution in [0.25, 0.3) is 12.2 Å². The van der Waals surface area contributed by atoms with Crippen molar-refractivity contribution in [3.8, 4) is 0 Å². The van der Waals surface area contributed by atoms with Crippen molar-refractivity contribution < 1.29 is 0 Å². The van der Waals surface area contributed by atoms with Crippen LogP contribution in [0.4, 0.5) is 0 Å². The van der Waals surface area contributed by atoms with E-state index < -0.39 is 0 Å². The SMILES string of the molecule is Cn1c2c(n(CC(C)(C)C)c1=O)=CC[C@H](Cc1cn[nH]c1)C=2. The first-order valence-electron chi connectivity index (χ1n) is 7.80. The number of H-pyrrole nitrogens is 1. The predicted octanol–water partition coefficient (Wildman–Crippen LogP) is 0.780. The normalized spacial score (nSPS) is 17.7. The number of fused-ring (bicyclic) bond motifs is 1. The molecule has 2 heterocycles. The molecule has 0 amide bonds. The van der Waals surface area contributed by atoms with Crippen molar-refractivity contribution in [2.24, 2.45) is 18.4 Å². The van der Waals surface area contributed by atoms with Crippen LogP contribution in [0.2, 0.25) is 0 Å². The lowest BCUT2D eigenvalue weighted by Crippen LogP contribution is -2.38. The van der Waals surface area contributed by atoms with Gasteiger partial charge in [-0.25, -0.2) is 4.79 Å². The summed E-state index contributed by atoms with van der Waals surface area (Å²) in [5.41, 5.74) is 1.37. The zero-order chi connectivity index (χ0) is 15.9. The first kappa shape index (κ1) is 14.9. The Bertz CT molecular complexity index is 831. The second-order valence-corrected chi connectivity index (χ2v) is 7.44. The van der Waals surface area contributed by atoms with Gasteiger partial charge in [-0.15, -0.1) is 0 Å². The molecule has 2 aromatic rings. The van der Waals surface area contributed by atoms with Crippen molar-refractivity contribution >= 4 is 12.2 Å². The third-order valence-corrected chi connectivity index (χ3v) is 4.13. The molecule has 0 aromatic carbocycles. The molecule has 0 spiro atoms. The van der Waals surface area contributed by atoms with Crippen LogP contribution in [0.15, 0.2) is 17.2 Å². The van der Waals surface area contributed by atoms with Crippen molar-refractivity contribution in [1.29, 1.82) is 0 Å². The predicted molar refractivity (Wildman–Crippen MR) is 87.7 cm³/mol. The average molecular weight is 300 g/mol. The van der Waals surface area contributed by atoms with E-state index in [0.717, 1.165) is 30.1 Å². The molecule has 5 nitrogen and oxygen atoms in total. The number of hydrogen-bond donors (Lipinski definition) is 1. The maximum atomic E-state index is 12.5. The highest BCUT2D eigenvalue weighted by molar-refractivity contribution is 5.38. The molecule has 1 aliphatic rings. The molecule has 0 fully saturated rings. The van der Waals surface area contributed by atoms with Gasteiger partial charge in [-0.05, 0) is 29.7 Å². The molecular weight excluding hydrogens is 276 g/mol. The summed E-state index contributed by atoms with van der Waals surface area (Å²) in [7, 11) is 1.87. The second-order valence-electron chi connectivity index (χ2n) is 7.44. The van der Waals surface area contributed by atoms with Gasteiger partial charge in [-0.1, -0.05) is 32.9 Å². The maximum Gasteiger partial charge on any atom is 0.328 e. The summed E-state index contributed by atoms with van der Waals surface area (Å²) in [5.74, 6) is 0.418. The molecule has 1 atom stereocenters. The molecule has 0 aliphatic heterocycles. The summed E-state index contributed by atoms with van der Waals surface area (Å²) >= 11 is 0. The van der Waals surface area contributed by atoms with E-state index in [1.165, 1.54) is 5.56 Å². The van der Waals surface area contributed by atoms with E-state index in [1.807, 2.05) is 24.0 Å². The minimum Gasteiger partial charge on any atom is -0.295 e. The molecule has 118 valence electrons. The molecule has 0 bridgehead atoms. The molecule has 0 unspecified atom stereocenters. The fourth-order valence-corrected chi connectivity index (χ4v) is 3.12. The molecule has 0 radical (unpaired) electrons. The minimum absolute atomic E-state index is 0.0800. The molecule has 5 heteroatoms. The number of imidazole rings is 1. The number of aromatic nitrogens is 4. The molecule has 22 heavy (non-hydrogen) atoms. The quantitative estimate of drug-likeness (QED) is 0.911. The van der Waals surface area contributed by atoms with E-state index in [-0.39, 0.29) is 11.1 Å². The zero-order valence-corrected chi connectivity index (χ0v) is 13.8. The fraction of sp³-hybridized carbons (Fsp3) is 0.529. The highest BCUT2D eigenvalue weighted by atomic mass is 16.1. The Morgan fingerprint density at radius 1 is 1.36 bits per heavy atom. The summed E-state index contributed by atoms with van der Waals surface area (Å²) in [6.45, 7) is 7.22. The first-order chi connectivity index (χ1) is 10.3. The molecule has 3 rings (SSSR count). The number of nitrogens with one attached hydrogen (secondary N) is 1. The Kier molecular flexibility index (Phi) is 3.59. The Morgan fingerprint density at radius 3 is 2.77 bits per heavy atom. The minimum atomic E-state index is 0.0800. The van der Waals surface area contributed by atoms with Crippen LogP contribution in [0.1, 0.15) is 32.8 Å². The number of nitrogens with zero attached hydrogens (tertiary/aromatic N) is 3. The largest absolute Gasteiger partial charge is 0.328 e. The van der Waals surface area contributed by atoms with Crippen molar-refractivity contribution in [3.63, 3.8) is 0 Å². The van der Waals surface area contributed by atoms with Crippen LogP contribution in [0, 0.1) is 11.3 Å². The topological polar surface area (TPSA) is 55.6 Å². The van der Waals surface area contributed by atoms with Crippen molar-refractivity contribution in [3.05, 3.63) is 39.1 Å². The number of rotatable bonds is 3. The van der Waals surface area contributed by atoms with Gasteiger partial charge in [0, 0.05) is 19.8 Å². The van der Waals surface area contributed by atoms with Gasteiger partial charge in [0.1, 0.15) is 0 Å². The Balaban J connectivity index is 2.00. The molecular formula is C17H24N4O. The summed E-state index contributed by atoms with van der Waals surface area (Å²) < 4.78 is 3.69. The molecule has 1 aliphatic carbocycles. The lowest BCUT2D eigenvalue weighted by atomic mass is 9.94.